The van der Waals surface area contributed by atoms with Gasteiger partial charge in [0.05, 0.1) is 9.40 Å². The zero-order chi connectivity index (χ0) is 14.6. The fraction of sp³-hybridized carbons (Fsp3) is 0.0769. The van der Waals surface area contributed by atoms with Crippen molar-refractivity contribution in [3.8, 4) is 5.69 Å². The highest BCUT2D eigenvalue weighted by Crippen LogP contribution is 2.41. The fourth-order valence-electron chi connectivity index (χ4n) is 2.29. The van der Waals surface area contributed by atoms with Gasteiger partial charge >= 0.3 is 0 Å². The van der Waals surface area contributed by atoms with Crippen LogP contribution < -0.4 is 5.32 Å². The van der Waals surface area contributed by atoms with E-state index in [1.54, 1.807) is 22.7 Å². The van der Waals surface area contributed by atoms with Gasteiger partial charge in [0.15, 0.2) is 19.1 Å². The molecule has 0 saturated heterocycles. The summed E-state index contributed by atoms with van der Waals surface area (Å²) in [6.45, 7) is 0. The molecular weight excluding hydrogens is 436 g/mol. The second-order valence-corrected chi connectivity index (χ2v) is 8.92. The summed E-state index contributed by atoms with van der Waals surface area (Å²) in [6, 6.07) is 8.25. The highest BCUT2D eigenvalue weighted by atomic mass is 79.9. The van der Waals surface area contributed by atoms with Crippen LogP contribution in [0.5, 0.6) is 0 Å². The number of aromatic nitrogens is 3. The smallest absolute Gasteiger partial charge is 0.162 e. The van der Waals surface area contributed by atoms with Gasteiger partial charge in [0.2, 0.25) is 0 Å². The predicted octanol–water partition coefficient (Wildman–Crippen LogP) is 5.26. The number of fused-ring (bicyclic) bond motifs is 3. The molecule has 1 aromatic carbocycles. The molecule has 4 nitrogen and oxygen atoms in total. The summed E-state index contributed by atoms with van der Waals surface area (Å²) in [6.07, 6.45) is 0. The third kappa shape index (κ3) is 2.12. The molecule has 4 aromatic rings. The number of benzene rings is 1. The van der Waals surface area contributed by atoms with Crippen molar-refractivity contribution in [2.45, 2.75) is 0 Å². The van der Waals surface area contributed by atoms with Crippen molar-refractivity contribution < 1.29 is 0 Å². The van der Waals surface area contributed by atoms with Gasteiger partial charge in [-0.05, 0) is 56.1 Å². The van der Waals surface area contributed by atoms with Gasteiger partial charge in [0, 0.05) is 18.4 Å². The van der Waals surface area contributed by atoms with Crippen LogP contribution in [-0.2, 0) is 0 Å². The Morgan fingerprint density at radius 3 is 1.95 bits per heavy atom. The zero-order valence-corrected chi connectivity index (χ0v) is 15.5. The van der Waals surface area contributed by atoms with Crippen LogP contribution in [-0.4, -0.2) is 21.6 Å². The highest BCUT2D eigenvalue weighted by molar-refractivity contribution is 9.11. The Morgan fingerprint density at radius 1 is 0.952 bits per heavy atom. The first-order chi connectivity index (χ1) is 10.2. The average Bonchev–Trinajstić information content (AvgIpc) is 3.09. The molecule has 106 valence electrons. The molecule has 0 aliphatic rings. The topological polar surface area (TPSA) is 42.7 Å². The number of thiazole rings is 2. The van der Waals surface area contributed by atoms with E-state index in [0.717, 1.165) is 39.9 Å². The third-order valence-corrected chi connectivity index (χ3v) is 6.37. The summed E-state index contributed by atoms with van der Waals surface area (Å²) >= 11 is 10.2. The molecule has 0 aliphatic carbocycles. The molecule has 1 N–H and O–H groups in total. The van der Waals surface area contributed by atoms with Crippen LogP contribution in [0.25, 0.3) is 26.4 Å². The Bertz CT molecular complexity index is 898. The highest BCUT2D eigenvalue weighted by Gasteiger charge is 2.20. The number of hydrogen-bond acceptors (Lipinski definition) is 5. The number of anilines is 1. The van der Waals surface area contributed by atoms with Gasteiger partial charge in [0.25, 0.3) is 0 Å². The summed E-state index contributed by atoms with van der Waals surface area (Å²) in [4.78, 5) is 9.21. The van der Waals surface area contributed by atoms with Crippen LogP contribution in [0, 0.1) is 0 Å². The van der Waals surface area contributed by atoms with Crippen LogP contribution >= 0.6 is 54.5 Å². The molecule has 0 radical (unpaired) electrons. The fourth-order valence-corrected chi connectivity index (χ4v) is 5.28. The van der Waals surface area contributed by atoms with Crippen LogP contribution in [0.2, 0.25) is 0 Å². The monoisotopic (exact) mass is 442 g/mol. The lowest BCUT2D eigenvalue weighted by molar-refractivity contribution is 1.11. The van der Waals surface area contributed by atoms with Crippen LogP contribution in [0.1, 0.15) is 0 Å². The van der Waals surface area contributed by atoms with E-state index in [-0.39, 0.29) is 0 Å². The molecule has 0 unspecified atom stereocenters. The van der Waals surface area contributed by atoms with Gasteiger partial charge in [-0.2, -0.15) is 0 Å². The van der Waals surface area contributed by atoms with Gasteiger partial charge < -0.3 is 5.32 Å². The minimum Gasteiger partial charge on any atom is -0.388 e. The van der Waals surface area contributed by atoms with E-state index in [1.807, 2.05) is 7.05 Å². The van der Waals surface area contributed by atoms with Crippen LogP contribution in [0.3, 0.4) is 0 Å². The lowest BCUT2D eigenvalue weighted by Gasteiger charge is -2.06. The van der Waals surface area contributed by atoms with E-state index in [2.05, 4.69) is 76.0 Å². The maximum Gasteiger partial charge on any atom is 0.162 e. The SMILES string of the molecule is CNc1ccc(-n2c3nc(Br)sc3c3sc(Br)nc32)cc1. The summed E-state index contributed by atoms with van der Waals surface area (Å²) in [7, 11) is 1.91. The average molecular weight is 444 g/mol. The Kier molecular flexibility index (Phi) is 3.29. The first-order valence-electron chi connectivity index (χ1n) is 6.08. The van der Waals surface area contributed by atoms with Crippen molar-refractivity contribution in [2.24, 2.45) is 0 Å². The lowest BCUT2D eigenvalue weighted by atomic mass is 10.3. The summed E-state index contributed by atoms with van der Waals surface area (Å²) in [5.74, 6) is 0. The summed E-state index contributed by atoms with van der Waals surface area (Å²) in [5.41, 5.74) is 4.04. The van der Waals surface area contributed by atoms with E-state index >= 15 is 0 Å². The van der Waals surface area contributed by atoms with Crippen molar-refractivity contribution in [1.82, 2.24) is 14.5 Å². The molecule has 21 heavy (non-hydrogen) atoms. The number of nitrogens with one attached hydrogen (secondary N) is 1. The van der Waals surface area contributed by atoms with Gasteiger partial charge in [0.1, 0.15) is 0 Å². The molecule has 8 heteroatoms. The molecule has 0 amide bonds. The van der Waals surface area contributed by atoms with Gasteiger partial charge in [-0.15, -0.1) is 22.7 Å². The molecule has 0 saturated carbocycles. The van der Waals surface area contributed by atoms with Crippen LogP contribution in [0.4, 0.5) is 5.69 Å². The number of hydrogen-bond donors (Lipinski definition) is 1. The normalized spacial score (nSPS) is 11.6. The third-order valence-electron chi connectivity index (χ3n) is 3.21. The second kappa shape index (κ2) is 5.05. The Balaban J connectivity index is 2.07. The Morgan fingerprint density at radius 2 is 1.48 bits per heavy atom. The molecule has 4 rings (SSSR count). The molecule has 0 bridgehead atoms. The lowest BCUT2D eigenvalue weighted by Crippen LogP contribution is -1.96. The maximum absolute atomic E-state index is 4.61. The number of rotatable bonds is 2. The maximum atomic E-state index is 4.61. The number of halogens is 2. The molecule has 0 spiro atoms. The molecular formula is C13H8Br2N4S2. The Hall–Kier alpha value is -0.960. The quantitative estimate of drug-likeness (QED) is 0.459. The molecule has 0 aliphatic heterocycles. The first kappa shape index (κ1) is 13.7. The molecule has 3 heterocycles. The van der Waals surface area contributed by atoms with Crippen molar-refractivity contribution in [1.29, 1.82) is 0 Å². The molecule has 0 fully saturated rings. The summed E-state index contributed by atoms with van der Waals surface area (Å²) in [5, 5.41) is 3.13. The van der Waals surface area contributed by atoms with Crippen LogP contribution in [0.15, 0.2) is 32.1 Å². The largest absolute Gasteiger partial charge is 0.388 e. The van der Waals surface area contributed by atoms with Gasteiger partial charge in [-0.25, -0.2) is 9.97 Å². The summed E-state index contributed by atoms with van der Waals surface area (Å²) < 4.78 is 6.21. The predicted molar refractivity (Wildman–Crippen MR) is 97.1 cm³/mol. The van der Waals surface area contributed by atoms with Crippen molar-refractivity contribution in [3.63, 3.8) is 0 Å². The van der Waals surface area contributed by atoms with E-state index in [9.17, 15) is 0 Å². The molecule has 0 atom stereocenters. The number of nitrogens with zero attached hydrogens (tertiary/aromatic N) is 3. The minimum atomic E-state index is 0.888. The van der Waals surface area contributed by atoms with Crippen molar-refractivity contribution in [3.05, 3.63) is 32.1 Å². The van der Waals surface area contributed by atoms with Gasteiger partial charge in [-0.1, -0.05) is 0 Å². The van der Waals surface area contributed by atoms with Crippen molar-refractivity contribution in [2.75, 3.05) is 12.4 Å². The van der Waals surface area contributed by atoms with Crippen molar-refractivity contribution >= 4 is 80.9 Å². The second-order valence-electron chi connectivity index (χ2n) is 4.37. The minimum absolute atomic E-state index is 0.888. The van der Waals surface area contributed by atoms with E-state index in [4.69, 9.17) is 0 Å². The van der Waals surface area contributed by atoms with E-state index in [0.29, 0.717) is 0 Å². The van der Waals surface area contributed by atoms with E-state index in [1.165, 1.54) is 0 Å². The molecule has 3 aromatic heterocycles. The van der Waals surface area contributed by atoms with Gasteiger partial charge in [-0.3, -0.25) is 4.57 Å². The standard InChI is InChI=1S/C13H8Br2N4S2/c1-16-6-2-4-7(5-3-6)19-10-8(20-12(14)17-10)9-11(19)18-13(15)21-9/h2-5,16H,1H3. The van der Waals surface area contributed by atoms with E-state index < -0.39 is 0 Å². The Labute approximate surface area is 145 Å². The first-order valence-corrected chi connectivity index (χ1v) is 9.30. The zero-order valence-electron chi connectivity index (χ0n) is 10.7.